The summed E-state index contributed by atoms with van der Waals surface area (Å²) in [6.45, 7) is 0. The molecule has 0 unspecified atom stereocenters. The minimum Gasteiger partial charge on any atom is -0.506 e. The summed E-state index contributed by atoms with van der Waals surface area (Å²) in [6.07, 6.45) is 0. The van der Waals surface area contributed by atoms with Crippen molar-refractivity contribution in [1.82, 2.24) is 0 Å². The highest BCUT2D eigenvalue weighted by molar-refractivity contribution is 6.09. The van der Waals surface area contributed by atoms with E-state index in [4.69, 9.17) is 9.47 Å². The predicted octanol–water partition coefficient (Wildman–Crippen LogP) is 3.72. The number of phenolic OH excluding ortho intramolecular Hbond substituents is 1. The summed E-state index contributed by atoms with van der Waals surface area (Å²) in [7, 11) is 3.20. The molecule has 0 amide bonds. The van der Waals surface area contributed by atoms with E-state index in [1.54, 1.807) is 14.2 Å². The van der Waals surface area contributed by atoms with Gasteiger partial charge in [-0.3, -0.25) is 0 Å². The largest absolute Gasteiger partial charge is 0.506 e. The molecule has 0 saturated carbocycles. The highest BCUT2D eigenvalue weighted by Gasteiger charge is 2.13. The Balaban J connectivity index is 2.54. The Morgan fingerprint density at radius 3 is 1.68 bits per heavy atom. The lowest BCUT2D eigenvalue weighted by atomic mass is 10.0. The van der Waals surface area contributed by atoms with Crippen LogP contribution < -0.4 is 9.47 Å². The maximum atomic E-state index is 10.6. The number of hydrogen-bond acceptors (Lipinski definition) is 3. The number of rotatable bonds is 2. The first kappa shape index (κ1) is 11.7. The van der Waals surface area contributed by atoms with Crippen molar-refractivity contribution in [3.05, 3.63) is 42.5 Å². The van der Waals surface area contributed by atoms with Gasteiger partial charge >= 0.3 is 0 Å². The zero-order valence-corrected chi connectivity index (χ0v) is 10.8. The third-order valence-corrected chi connectivity index (χ3v) is 3.34. The van der Waals surface area contributed by atoms with Crippen molar-refractivity contribution < 1.29 is 14.6 Å². The number of ether oxygens (including phenoxy) is 2. The van der Waals surface area contributed by atoms with Gasteiger partial charge in [0.1, 0.15) is 17.2 Å². The minimum absolute atomic E-state index is 0.197. The smallest absolute Gasteiger partial charge is 0.138 e. The van der Waals surface area contributed by atoms with Crippen LogP contribution >= 0.6 is 0 Å². The number of aromatic hydroxyl groups is 1. The zero-order chi connectivity index (χ0) is 13.4. The highest BCUT2D eigenvalue weighted by atomic mass is 16.5. The van der Waals surface area contributed by atoms with Gasteiger partial charge in [-0.1, -0.05) is 24.3 Å². The Morgan fingerprint density at radius 2 is 1.26 bits per heavy atom. The molecule has 0 saturated heterocycles. The van der Waals surface area contributed by atoms with Crippen LogP contribution in [0.25, 0.3) is 21.5 Å². The van der Waals surface area contributed by atoms with Crippen LogP contribution in [0.4, 0.5) is 0 Å². The molecule has 0 fully saturated rings. The molecule has 3 nitrogen and oxygen atoms in total. The molecule has 3 heteroatoms. The van der Waals surface area contributed by atoms with Crippen molar-refractivity contribution in [2.24, 2.45) is 0 Å². The summed E-state index contributed by atoms with van der Waals surface area (Å²) in [4.78, 5) is 0. The lowest BCUT2D eigenvalue weighted by Gasteiger charge is -2.12. The standard InChI is InChI=1S/C16H14O3/c1-18-12-7-3-5-10-9-11-6-4-8-13(19-2)15(11)16(17)14(10)12/h3-9,17H,1-2H3. The van der Waals surface area contributed by atoms with Crippen molar-refractivity contribution in [3.8, 4) is 17.2 Å². The number of hydrogen-bond donors (Lipinski definition) is 1. The molecule has 0 aliphatic carbocycles. The molecule has 3 rings (SSSR count). The Hall–Kier alpha value is -2.42. The summed E-state index contributed by atoms with van der Waals surface area (Å²) in [5, 5.41) is 13.9. The van der Waals surface area contributed by atoms with Crippen molar-refractivity contribution in [2.45, 2.75) is 0 Å². The Kier molecular flexibility index (Phi) is 2.67. The Labute approximate surface area is 111 Å². The fourth-order valence-corrected chi connectivity index (χ4v) is 2.48. The first-order chi connectivity index (χ1) is 9.26. The monoisotopic (exact) mass is 254 g/mol. The van der Waals surface area contributed by atoms with Gasteiger partial charge in [0.2, 0.25) is 0 Å². The zero-order valence-electron chi connectivity index (χ0n) is 10.8. The molecule has 0 bridgehead atoms. The van der Waals surface area contributed by atoms with Crippen LogP contribution in [-0.2, 0) is 0 Å². The van der Waals surface area contributed by atoms with Gasteiger partial charge in [-0.2, -0.15) is 0 Å². The molecule has 0 aliphatic heterocycles. The number of fused-ring (bicyclic) bond motifs is 2. The SMILES string of the molecule is COc1cccc2cc3cccc(OC)c3c(O)c12. The summed E-state index contributed by atoms with van der Waals surface area (Å²) < 4.78 is 10.7. The molecule has 0 aromatic heterocycles. The molecule has 3 aromatic rings. The fourth-order valence-electron chi connectivity index (χ4n) is 2.48. The van der Waals surface area contributed by atoms with Crippen LogP contribution in [0.15, 0.2) is 42.5 Å². The second kappa shape index (κ2) is 4.35. The molecule has 96 valence electrons. The number of phenols is 1. The normalized spacial score (nSPS) is 10.8. The summed E-state index contributed by atoms with van der Waals surface area (Å²) >= 11 is 0. The quantitative estimate of drug-likeness (QED) is 0.708. The molecule has 0 atom stereocenters. The van der Waals surface area contributed by atoms with Gasteiger partial charge in [0.25, 0.3) is 0 Å². The molecule has 0 heterocycles. The second-order valence-electron chi connectivity index (χ2n) is 4.34. The third-order valence-electron chi connectivity index (χ3n) is 3.34. The van der Waals surface area contributed by atoms with E-state index in [1.165, 1.54) is 0 Å². The summed E-state index contributed by atoms with van der Waals surface area (Å²) in [5.41, 5.74) is 0. The van der Waals surface area contributed by atoms with Crippen LogP contribution in [0.2, 0.25) is 0 Å². The number of methoxy groups -OCH3 is 2. The number of benzene rings is 3. The highest BCUT2D eigenvalue weighted by Crippen LogP contribution is 2.42. The Morgan fingerprint density at radius 1 is 0.789 bits per heavy atom. The maximum absolute atomic E-state index is 10.6. The van der Waals surface area contributed by atoms with Gasteiger partial charge in [-0.15, -0.1) is 0 Å². The lowest BCUT2D eigenvalue weighted by molar-refractivity contribution is 0.412. The van der Waals surface area contributed by atoms with E-state index in [-0.39, 0.29) is 5.75 Å². The van der Waals surface area contributed by atoms with E-state index >= 15 is 0 Å². The minimum atomic E-state index is 0.197. The van der Waals surface area contributed by atoms with Gasteiger partial charge in [0, 0.05) is 0 Å². The van der Waals surface area contributed by atoms with Crippen LogP contribution in [0.1, 0.15) is 0 Å². The van der Waals surface area contributed by atoms with Crippen molar-refractivity contribution >= 4 is 21.5 Å². The van der Waals surface area contributed by atoms with E-state index in [2.05, 4.69) is 0 Å². The van der Waals surface area contributed by atoms with Crippen LogP contribution in [-0.4, -0.2) is 19.3 Å². The van der Waals surface area contributed by atoms with Gasteiger partial charge in [0.05, 0.1) is 25.0 Å². The molecular formula is C16H14O3. The van der Waals surface area contributed by atoms with Gasteiger partial charge < -0.3 is 14.6 Å². The van der Waals surface area contributed by atoms with Gasteiger partial charge in [-0.05, 0) is 29.0 Å². The van der Waals surface area contributed by atoms with E-state index in [0.29, 0.717) is 22.3 Å². The van der Waals surface area contributed by atoms with E-state index in [1.807, 2.05) is 42.5 Å². The van der Waals surface area contributed by atoms with Gasteiger partial charge in [-0.25, -0.2) is 0 Å². The average molecular weight is 254 g/mol. The van der Waals surface area contributed by atoms with Gasteiger partial charge in [0.15, 0.2) is 0 Å². The van der Waals surface area contributed by atoms with E-state index in [9.17, 15) is 5.11 Å². The van der Waals surface area contributed by atoms with E-state index < -0.39 is 0 Å². The Bertz CT molecular complexity index is 701. The van der Waals surface area contributed by atoms with Crippen molar-refractivity contribution in [2.75, 3.05) is 14.2 Å². The van der Waals surface area contributed by atoms with Crippen LogP contribution in [0, 0.1) is 0 Å². The molecule has 0 aliphatic rings. The summed E-state index contributed by atoms with van der Waals surface area (Å²) in [5.74, 6) is 1.51. The molecular weight excluding hydrogens is 240 g/mol. The van der Waals surface area contributed by atoms with Crippen LogP contribution in [0.3, 0.4) is 0 Å². The molecule has 3 aromatic carbocycles. The first-order valence-corrected chi connectivity index (χ1v) is 6.01. The van der Waals surface area contributed by atoms with Crippen molar-refractivity contribution in [1.29, 1.82) is 0 Å². The fraction of sp³-hybridized carbons (Fsp3) is 0.125. The first-order valence-electron chi connectivity index (χ1n) is 6.01. The summed E-state index contributed by atoms with van der Waals surface area (Å²) in [6, 6.07) is 13.4. The predicted molar refractivity (Wildman–Crippen MR) is 76.2 cm³/mol. The average Bonchev–Trinajstić information content (AvgIpc) is 2.45. The molecule has 0 spiro atoms. The van der Waals surface area contributed by atoms with Crippen LogP contribution in [0.5, 0.6) is 17.2 Å². The maximum Gasteiger partial charge on any atom is 0.138 e. The second-order valence-corrected chi connectivity index (χ2v) is 4.34. The lowest BCUT2D eigenvalue weighted by Crippen LogP contribution is -1.89. The molecule has 1 N–H and O–H groups in total. The topological polar surface area (TPSA) is 38.7 Å². The molecule has 0 radical (unpaired) electrons. The van der Waals surface area contributed by atoms with E-state index in [0.717, 1.165) is 10.8 Å². The van der Waals surface area contributed by atoms with Crippen molar-refractivity contribution in [3.63, 3.8) is 0 Å². The molecule has 19 heavy (non-hydrogen) atoms. The third kappa shape index (κ3) is 1.66.